The van der Waals surface area contributed by atoms with E-state index in [0.717, 1.165) is 14.2 Å². The fourth-order valence-electron chi connectivity index (χ4n) is 0.862. The topological polar surface area (TPSA) is 52.6 Å². The fraction of sp³-hybridized carbons (Fsp3) is 0.857. The minimum Gasteiger partial charge on any atom is -0.306 e. The van der Waals surface area contributed by atoms with Gasteiger partial charge in [-0.1, -0.05) is 36.5 Å². The third-order valence-corrected chi connectivity index (χ3v) is 4.43. The molecule has 0 fully saturated rings. The van der Waals surface area contributed by atoms with Gasteiger partial charge in [0.25, 0.3) is 5.52 Å². The van der Waals surface area contributed by atoms with Crippen LogP contribution in [0.3, 0.4) is 0 Å². The summed E-state index contributed by atoms with van der Waals surface area (Å²) in [4.78, 5) is 11.6. The summed E-state index contributed by atoms with van der Waals surface area (Å²) in [7, 11) is -1.61. The van der Waals surface area contributed by atoms with Crippen molar-refractivity contribution in [3.63, 3.8) is 0 Å². The van der Waals surface area contributed by atoms with Gasteiger partial charge in [0.15, 0.2) is 4.33 Å². The molecule has 0 aliphatic rings. The average Bonchev–Trinajstić information content (AvgIpc) is 2.15. The summed E-state index contributed by atoms with van der Waals surface area (Å²) in [6.07, 6.45) is 0.790. The van der Waals surface area contributed by atoms with E-state index in [1.54, 1.807) is 6.92 Å². The van der Waals surface area contributed by atoms with Crippen molar-refractivity contribution in [2.24, 2.45) is 0 Å². The van der Waals surface area contributed by atoms with Crippen LogP contribution in [0.25, 0.3) is 0 Å². The lowest BCUT2D eigenvalue weighted by atomic mass is 10.2. The van der Waals surface area contributed by atoms with Crippen molar-refractivity contribution in [3.8, 4) is 0 Å². The quantitative estimate of drug-likeness (QED) is 0.546. The summed E-state index contributed by atoms with van der Waals surface area (Å²) in [5.41, 5.74) is -0.916. The minimum atomic E-state index is -3.83. The van der Waals surface area contributed by atoms with Gasteiger partial charge < -0.3 is 9.05 Å². The van der Waals surface area contributed by atoms with Crippen LogP contribution in [0.15, 0.2) is 0 Å². The van der Waals surface area contributed by atoms with E-state index < -0.39 is 17.5 Å². The molecule has 0 N–H and O–H groups in total. The highest BCUT2D eigenvalue weighted by Gasteiger charge is 2.46. The largest absolute Gasteiger partial charge is 0.399 e. The van der Waals surface area contributed by atoms with Crippen molar-refractivity contribution in [2.75, 3.05) is 14.2 Å². The van der Waals surface area contributed by atoms with Gasteiger partial charge >= 0.3 is 7.60 Å². The Bertz CT molecular complexity index is 246. The predicted molar refractivity (Wildman–Crippen MR) is 56.0 cm³/mol. The summed E-state index contributed by atoms with van der Waals surface area (Å²) in [6.45, 7) is 1.80. The molecule has 0 spiro atoms. The van der Waals surface area contributed by atoms with Crippen LogP contribution in [-0.4, -0.2) is 24.1 Å². The molecule has 4 nitrogen and oxygen atoms in total. The summed E-state index contributed by atoms with van der Waals surface area (Å²) in [5.74, 6) is 0. The minimum absolute atomic E-state index is 0.200. The SMILES string of the molecule is CCCC(Cl)(Cl)C(=O)P(=O)(OC)OC. The van der Waals surface area contributed by atoms with Crippen molar-refractivity contribution >= 4 is 36.3 Å². The molecule has 0 saturated carbocycles. The van der Waals surface area contributed by atoms with Gasteiger partial charge in [0.1, 0.15) is 0 Å². The number of hydrogen-bond donors (Lipinski definition) is 0. The Balaban J connectivity index is 4.84. The molecule has 0 bridgehead atoms. The highest BCUT2D eigenvalue weighted by Crippen LogP contribution is 2.53. The molecule has 0 aliphatic heterocycles. The molecule has 0 heterocycles. The van der Waals surface area contributed by atoms with Gasteiger partial charge in [-0.25, -0.2) is 0 Å². The van der Waals surface area contributed by atoms with E-state index >= 15 is 0 Å². The monoisotopic (exact) mass is 262 g/mol. The number of hydrogen-bond acceptors (Lipinski definition) is 4. The molecule has 0 radical (unpaired) electrons. The molecular weight excluding hydrogens is 250 g/mol. The maximum absolute atomic E-state index is 11.6. The summed E-state index contributed by atoms with van der Waals surface area (Å²) >= 11 is 11.4. The lowest BCUT2D eigenvalue weighted by Gasteiger charge is -2.21. The summed E-state index contributed by atoms with van der Waals surface area (Å²) < 4.78 is 18.9. The Hall–Kier alpha value is 0.400. The highest BCUT2D eigenvalue weighted by molar-refractivity contribution is 7.72. The van der Waals surface area contributed by atoms with Crippen LogP contribution in [0.4, 0.5) is 0 Å². The van der Waals surface area contributed by atoms with Crippen LogP contribution in [0, 0.1) is 0 Å². The van der Waals surface area contributed by atoms with Crippen molar-refractivity contribution in [1.29, 1.82) is 0 Å². The molecule has 0 aromatic heterocycles. The second kappa shape index (κ2) is 5.47. The molecule has 0 unspecified atom stereocenters. The zero-order valence-corrected chi connectivity index (χ0v) is 10.7. The number of halogens is 2. The molecule has 14 heavy (non-hydrogen) atoms. The first kappa shape index (κ1) is 14.4. The molecule has 0 aromatic rings. The number of alkyl halides is 2. The smallest absolute Gasteiger partial charge is 0.306 e. The average molecular weight is 263 g/mol. The standard InChI is InChI=1S/C7H13Cl2O4P/c1-4-5-7(8,9)6(10)14(11,12-2)13-3/h4-5H2,1-3H3. The van der Waals surface area contributed by atoms with E-state index in [2.05, 4.69) is 9.05 Å². The van der Waals surface area contributed by atoms with E-state index in [-0.39, 0.29) is 6.42 Å². The van der Waals surface area contributed by atoms with Gasteiger partial charge in [-0.15, -0.1) is 0 Å². The maximum atomic E-state index is 11.6. The van der Waals surface area contributed by atoms with E-state index in [1.807, 2.05) is 0 Å². The van der Waals surface area contributed by atoms with Crippen LogP contribution >= 0.6 is 30.8 Å². The molecule has 0 aromatic carbocycles. The normalized spacial score (nSPS) is 12.9. The van der Waals surface area contributed by atoms with E-state index in [0.29, 0.717) is 6.42 Å². The summed E-state index contributed by atoms with van der Waals surface area (Å²) in [5, 5.41) is 0. The zero-order valence-electron chi connectivity index (χ0n) is 8.25. The molecular formula is C7H13Cl2O4P. The fourth-order valence-corrected chi connectivity index (χ4v) is 2.85. The number of carbonyl (C=O) groups is 1. The Labute approximate surface area is 93.4 Å². The first-order valence-corrected chi connectivity index (χ1v) is 6.28. The zero-order chi connectivity index (χ0) is 11.4. The van der Waals surface area contributed by atoms with Gasteiger partial charge in [0.05, 0.1) is 0 Å². The Kier molecular flexibility index (Phi) is 5.63. The maximum Gasteiger partial charge on any atom is 0.399 e. The second-order valence-corrected chi connectivity index (χ2v) is 6.24. The van der Waals surface area contributed by atoms with Gasteiger partial charge in [-0.3, -0.25) is 9.36 Å². The molecule has 0 amide bonds. The van der Waals surface area contributed by atoms with Crippen LogP contribution in [-0.2, 0) is 18.4 Å². The van der Waals surface area contributed by atoms with Crippen molar-refractivity contribution < 1.29 is 18.4 Å². The predicted octanol–water partition coefficient (Wildman–Crippen LogP) is 2.97. The molecule has 84 valence electrons. The highest BCUT2D eigenvalue weighted by atomic mass is 35.5. The van der Waals surface area contributed by atoms with E-state index in [4.69, 9.17) is 23.2 Å². The lowest BCUT2D eigenvalue weighted by molar-refractivity contribution is -0.114. The van der Waals surface area contributed by atoms with Crippen molar-refractivity contribution in [2.45, 2.75) is 24.1 Å². The lowest BCUT2D eigenvalue weighted by Crippen LogP contribution is -2.26. The van der Waals surface area contributed by atoms with Crippen molar-refractivity contribution in [1.82, 2.24) is 0 Å². The van der Waals surface area contributed by atoms with Crippen molar-refractivity contribution in [3.05, 3.63) is 0 Å². The first-order chi connectivity index (χ1) is 6.34. The Morgan fingerprint density at radius 2 is 1.79 bits per heavy atom. The van der Waals surface area contributed by atoms with Gasteiger partial charge in [0.2, 0.25) is 0 Å². The first-order valence-electron chi connectivity index (χ1n) is 3.98. The number of rotatable bonds is 6. The van der Waals surface area contributed by atoms with Crippen LogP contribution < -0.4 is 0 Å². The van der Waals surface area contributed by atoms with Crippen LogP contribution in [0.5, 0.6) is 0 Å². The van der Waals surface area contributed by atoms with Crippen LogP contribution in [0.2, 0.25) is 0 Å². The van der Waals surface area contributed by atoms with Gasteiger partial charge in [-0.2, -0.15) is 0 Å². The summed E-state index contributed by atoms with van der Waals surface area (Å²) in [6, 6.07) is 0. The Morgan fingerprint density at radius 1 is 1.36 bits per heavy atom. The van der Waals surface area contributed by atoms with Gasteiger partial charge in [0, 0.05) is 14.2 Å². The molecule has 0 aliphatic carbocycles. The van der Waals surface area contributed by atoms with E-state index in [1.165, 1.54) is 0 Å². The third-order valence-electron chi connectivity index (χ3n) is 1.61. The third kappa shape index (κ3) is 3.21. The van der Waals surface area contributed by atoms with E-state index in [9.17, 15) is 9.36 Å². The molecule has 0 rings (SSSR count). The molecule has 0 atom stereocenters. The van der Waals surface area contributed by atoms with Gasteiger partial charge in [-0.05, 0) is 6.42 Å². The Morgan fingerprint density at radius 3 is 2.07 bits per heavy atom. The second-order valence-electron chi connectivity index (χ2n) is 2.62. The molecule has 0 saturated heterocycles. The number of carbonyl (C=O) groups excluding carboxylic acids is 1. The van der Waals surface area contributed by atoms with Crippen LogP contribution in [0.1, 0.15) is 19.8 Å². The molecule has 7 heteroatoms.